The number of methoxy groups -OCH3 is 1. The first-order valence-corrected chi connectivity index (χ1v) is 16.1. The molecule has 2 bridgehead atoms. The molecule has 2 aromatic heterocycles. The molecule has 7 rings (SSSR count). The monoisotopic (exact) mass is 667 g/mol. The van der Waals surface area contributed by atoms with Crippen LogP contribution in [0.1, 0.15) is 56.4 Å². The molecule has 0 N–H and O–H groups in total. The Hall–Kier alpha value is -5.04. The maximum absolute atomic E-state index is 17.3. The Labute approximate surface area is 282 Å². The van der Waals surface area contributed by atoms with Gasteiger partial charge in [0.1, 0.15) is 34.7 Å². The molecule has 2 unspecified atom stereocenters. The normalized spacial score (nSPS) is 19.1. The number of amides is 1. The average Bonchev–Trinajstić information content (AvgIpc) is 3.31. The SMILES string of the molecule is C#Cc1c(F)ccc2cc(OCOC)cc(-c3ncc4c(N5CC6CCC(C5)N6C(=O)OC(C)(C)C)nc(C5COC5)c(C#N)c4c3F)c12. The van der Waals surface area contributed by atoms with E-state index < -0.39 is 17.2 Å². The van der Waals surface area contributed by atoms with Crippen LogP contribution in [0.25, 0.3) is 32.8 Å². The highest BCUT2D eigenvalue weighted by Crippen LogP contribution is 2.43. The average molecular weight is 668 g/mol. The van der Waals surface area contributed by atoms with Crippen LogP contribution in [0.3, 0.4) is 0 Å². The number of piperazine rings is 1. The van der Waals surface area contributed by atoms with Crippen LogP contribution in [0.15, 0.2) is 30.5 Å². The number of ether oxygens (including phenoxy) is 4. The number of pyridine rings is 2. The Bertz CT molecular complexity index is 2070. The number of fused-ring (bicyclic) bond motifs is 4. The van der Waals surface area contributed by atoms with E-state index in [1.807, 2.05) is 25.7 Å². The molecule has 3 aliphatic rings. The van der Waals surface area contributed by atoms with E-state index in [-0.39, 0.29) is 64.0 Å². The summed E-state index contributed by atoms with van der Waals surface area (Å²) in [6.07, 6.45) is 8.49. The highest BCUT2D eigenvalue weighted by Gasteiger charge is 2.45. The summed E-state index contributed by atoms with van der Waals surface area (Å²) in [5.74, 6) is 1.61. The summed E-state index contributed by atoms with van der Waals surface area (Å²) >= 11 is 0. The fourth-order valence-electron chi connectivity index (χ4n) is 7.13. The second-order valence-corrected chi connectivity index (χ2v) is 13.6. The van der Waals surface area contributed by atoms with Crippen molar-refractivity contribution in [3.05, 3.63) is 58.9 Å². The van der Waals surface area contributed by atoms with E-state index in [4.69, 9.17) is 30.4 Å². The van der Waals surface area contributed by atoms with E-state index in [0.29, 0.717) is 54.3 Å². The number of anilines is 1. The van der Waals surface area contributed by atoms with Crippen LogP contribution in [0.5, 0.6) is 5.75 Å². The Morgan fingerprint density at radius 3 is 2.47 bits per heavy atom. The summed E-state index contributed by atoms with van der Waals surface area (Å²) in [5, 5.41) is 11.7. The van der Waals surface area contributed by atoms with Crippen LogP contribution < -0.4 is 9.64 Å². The van der Waals surface area contributed by atoms with Crippen molar-refractivity contribution in [1.29, 1.82) is 5.26 Å². The van der Waals surface area contributed by atoms with Crippen LogP contribution >= 0.6 is 0 Å². The zero-order valence-corrected chi connectivity index (χ0v) is 27.7. The molecule has 252 valence electrons. The van der Waals surface area contributed by atoms with E-state index in [9.17, 15) is 10.1 Å². The molecule has 3 aliphatic heterocycles. The lowest BCUT2D eigenvalue weighted by molar-refractivity contribution is 0.00654. The minimum Gasteiger partial charge on any atom is -0.468 e. The fraction of sp³-hybridized carbons (Fsp3) is 0.405. The third-order valence-electron chi connectivity index (χ3n) is 9.30. The molecule has 2 aromatic carbocycles. The lowest BCUT2D eigenvalue weighted by atomic mass is 9.92. The van der Waals surface area contributed by atoms with E-state index in [1.165, 1.54) is 25.4 Å². The summed E-state index contributed by atoms with van der Waals surface area (Å²) in [6, 6.07) is 7.94. The molecular weight excluding hydrogens is 632 g/mol. The van der Waals surface area contributed by atoms with E-state index >= 15 is 8.78 Å². The van der Waals surface area contributed by atoms with Crippen LogP contribution in [-0.2, 0) is 14.2 Å². The van der Waals surface area contributed by atoms with E-state index in [1.54, 1.807) is 12.1 Å². The number of hydrogen-bond donors (Lipinski definition) is 0. The van der Waals surface area contributed by atoms with Crippen molar-refractivity contribution < 1.29 is 32.5 Å². The molecular formula is C37H35F2N5O5. The van der Waals surface area contributed by atoms with Gasteiger partial charge in [0.05, 0.1) is 42.1 Å². The first-order chi connectivity index (χ1) is 23.5. The molecule has 0 radical (unpaired) electrons. The smallest absolute Gasteiger partial charge is 0.410 e. The molecule has 4 aromatic rings. The Morgan fingerprint density at radius 1 is 1.12 bits per heavy atom. The molecule has 12 heteroatoms. The predicted molar refractivity (Wildman–Crippen MR) is 178 cm³/mol. The van der Waals surface area contributed by atoms with Gasteiger partial charge in [0.25, 0.3) is 0 Å². The number of nitriles is 1. The van der Waals surface area contributed by atoms with Gasteiger partial charge >= 0.3 is 6.09 Å². The Balaban J connectivity index is 1.41. The van der Waals surface area contributed by atoms with Gasteiger partial charge in [0, 0.05) is 54.0 Å². The fourth-order valence-corrected chi connectivity index (χ4v) is 7.13. The summed E-state index contributed by atoms with van der Waals surface area (Å²) in [4.78, 5) is 26.6. The van der Waals surface area contributed by atoms with Crippen molar-refractivity contribution in [1.82, 2.24) is 14.9 Å². The number of benzene rings is 2. The Kier molecular flexibility index (Phi) is 8.26. The van der Waals surface area contributed by atoms with Crippen molar-refractivity contribution in [2.45, 2.75) is 57.2 Å². The molecule has 3 saturated heterocycles. The third kappa shape index (κ3) is 5.65. The van der Waals surface area contributed by atoms with Crippen LogP contribution in [0, 0.1) is 35.3 Å². The van der Waals surface area contributed by atoms with Gasteiger partial charge in [0.15, 0.2) is 12.6 Å². The number of carbonyl (C=O) groups is 1. The van der Waals surface area contributed by atoms with Crippen molar-refractivity contribution in [2.75, 3.05) is 45.1 Å². The van der Waals surface area contributed by atoms with Gasteiger partial charge < -0.3 is 23.8 Å². The van der Waals surface area contributed by atoms with Crippen molar-refractivity contribution in [3.63, 3.8) is 0 Å². The zero-order valence-electron chi connectivity index (χ0n) is 27.7. The lowest BCUT2D eigenvalue weighted by Gasteiger charge is -2.42. The van der Waals surface area contributed by atoms with Gasteiger partial charge in [-0.1, -0.05) is 12.0 Å². The van der Waals surface area contributed by atoms with Gasteiger partial charge in [-0.2, -0.15) is 5.26 Å². The first-order valence-electron chi connectivity index (χ1n) is 16.1. The maximum atomic E-state index is 17.3. The number of nitrogens with zero attached hydrogens (tertiary/aromatic N) is 5. The molecule has 2 atom stereocenters. The number of terminal acetylenes is 1. The standard InChI is InChI=1S/C37H35F2N5O5/c1-6-25-29(38)10-7-20-11-24(48-19-46-5)12-26(30(20)25)34-32(39)31-27(13-40)33(21-17-47-18-21)42-35(28(31)14-41-34)43-15-22-8-9-23(16-43)44(22)36(45)49-37(2,3)4/h1,7,10-12,14,21-23H,8-9,15-19H2,2-5H3. The molecule has 3 fully saturated rings. The Morgan fingerprint density at radius 2 is 1.86 bits per heavy atom. The largest absolute Gasteiger partial charge is 0.468 e. The topological polar surface area (TPSA) is 110 Å². The summed E-state index contributed by atoms with van der Waals surface area (Å²) in [7, 11) is 1.47. The van der Waals surface area contributed by atoms with E-state index in [0.717, 1.165) is 12.8 Å². The third-order valence-corrected chi connectivity index (χ3v) is 9.30. The van der Waals surface area contributed by atoms with Crippen LogP contribution in [0.4, 0.5) is 19.4 Å². The van der Waals surface area contributed by atoms with Gasteiger partial charge in [-0.3, -0.25) is 9.88 Å². The predicted octanol–water partition coefficient (Wildman–Crippen LogP) is 6.27. The highest BCUT2D eigenvalue weighted by atomic mass is 19.1. The number of aromatic nitrogens is 2. The molecule has 0 spiro atoms. The van der Waals surface area contributed by atoms with Gasteiger partial charge in [-0.05, 0) is 57.2 Å². The van der Waals surface area contributed by atoms with E-state index in [2.05, 4.69) is 21.9 Å². The quantitative estimate of drug-likeness (QED) is 0.174. The number of carbonyl (C=O) groups excluding carboxylic acids is 1. The second kappa shape index (κ2) is 12.4. The summed E-state index contributed by atoms with van der Waals surface area (Å²) in [6.45, 7) is 7.03. The first kappa shape index (κ1) is 32.5. The van der Waals surface area contributed by atoms with Gasteiger partial charge in [-0.25, -0.2) is 18.6 Å². The molecule has 0 saturated carbocycles. The number of halogens is 2. The molecule has 49 heavy (non-hydrogen) atoms. The molecule has 5 heterocycles. The summed E-state index contributed by atoms with van der Waals surface area (Å²) < 4.78 is 54.3. The minimum atomic E-state index is -0.771. The zero-order chi connectivity index (χ0) is 34.6. The van der Waals surface area contributed by atoms with Crippen LogP contribution in [-0.4, -0.2) is 78.9 Å². The highest BCUT2D eigenvalue weighted by molar-refractivity contribution is 6.04. The van der Waals surface area contributed by atoms with Crippen molar-refractivity contribution >= 4 is 33.5 Å². The van der Waals surface area contributed by atoms with Crippen LogP contribution in [0.2, 0.25) is 0 Å². The lowest BCUT2D eigenvalue weighted by Crippen LogP contribution is -2.57. The maximum Gasteiger partial charge on any atom is 0.410 e. The molecule has 0 aliphatic carbocycles. The number of hydrogen-bond acceptors (Lipinski definition) is 9. The molecule has 10 nitrogen and oxygen atoms in total. The second-order valence-electron chi connectivity index (χ2n) is 13.6. The number of rotatable bonds is 6. The van der Waals surface area contributed by atoms with Crippen molar-refractivity contribution in [3.8, 4) is 35.4 Å². The molecule has 1 amide bonds. The minimum absolute atomic E-state index is 0.0475. The van der Waals surface area contributed by atoms with Crippen molar-refractivity contribution in [2.24, 2.45) is 0 Å². The van der Waals surface area contributed by atoms with Gasteiger partial charge in [-0.15, -0.1) is 6.42 Å². The van der Waals surface area contributed by atoms with Gasteiger partial charge in [0.2, 0.25) is 0 Å². The summed E-state index contributed by atoms with van der Waals surface area (Å²) in [5.41, 5.74) is -0.0765.